The number of carboxylic acid groups (broad SMARTS) is 1. The van der Waals surface area contributed by atoms with E-state index in [-0.39, 0.29) is 30.6 Å². The lowest BCUT2D eigenvalue weighted by Gasteiger charge is -2.31. The fourth-order valence-electron chi connectivity index (χ4n) is 5.66. The third-order valence-electron chi connectivity index (χ3n) is 7.82. The molecule has 0 radical (unpaired) electrons. The summed E-state index contributed by atoms with van der Waals surface area (Å²) >= 11 is 0. The van der Waals surface area contributed by atoms with Gasteiger partial charge in [0.1, 0.15) is 16.5 Å². The van der Waals surface area contributed by atoms with Crippen LogP contribution in [0.2, 0.25) is 0 Å². The minimum Gasteiger partial charge on any atom is -0.481 e. The topological polar surface area (TPSA) is 107 Å². The standard InChI is InChI=1S/C32H38F2N2O5S/c1-32(2,18-22-14-24-6-4-5-7-25(24)15-22)35-19-26(37)20-36(3)42(40,41)30-17-28(33)27(16-29(30)34)23-11-8-21(9-12-23)10-13-31(38)39/h4-9,11-12,16-17,22,26,35,37H,10,13-15,18-20H2,1-3H3,(H,38,39)/t26-/m1/s1. The van der Waals surface area contributed by atoms with Crippen LogP contribution in [0.4, 0.5) is 8.78 Å². The van der Waals surface area contributed by atoms with Crippen molar-refractivity contribution in [3.8, 4) is 11.1 Å². The first-order valence-corrected chi connectivity index (χ1v) is 15.5. The molecule has 0 unspecified atom stereocenters. The molecule has 10 heteroatoms. The van der Waals surface area contributed by atoms with Gasteiger partial charge in [-0.3, -0.25) is 4.79 Å². The Balaban J connectivity index is 1.35. The van der Waals surface area contributed by atoms with Crippen molar-refractivity contribution in [2.24, 2.45) is 5.92 Å². The molecule has 7 nitrogen and oxygen atoms in total. The molecular formula is C32H38F2N2O5S. The quantitative estimate of drug-likeness (QED) is 0.260. The monoisotopic (exact) mass is 600 g/mol. The van der Waals surface area contributed by atoms with Gasteiger partial charge in [-0.15, -0.1) is 0 Å². The maximum atomic E-state index is 15.1. The van der Waals surface area contributed by atoms with Crippen molar-refractivity contribution in [3.63, 3.8) is 0 Å². The first kappa shape index (κ1) is 31.7. The SMILES string of the molecule is CN(C[C@H](O)CNC(C)(C)CC1Cc2ccccc2C1)S(=O)(=O)c1cc(F)c(-c2ccc(CCC(=O)O)cc2)cc1F. The highest BCUT2D eigenvalue weighted by Crippen LogP contribution is 2.32. The van der Waals surface area contributed by atoms with Gasteiger partial charge in [-0.2, -0.15) is 4.31 Å². The Hall–Kier alpha value is -3.18. The van der Waals surface area contributed by atoms with Crippen LogP contribution in [0.15, 0.2) is 65.6 Å². The summed E-state index contributed by atoms with van der Waals surface area (Å²) in [7, 11) is -3.21. The second kappa shape index (κ2) is 13.0. The zero-order valence-electron chi connectivity index (χ0n) is 24.1. The molecule has 0 aromatic heterocycles. The van der Waals surface area contributed by atoms with Gasteiger partial charge in [0.15, 0.2) is 0 Å². The number of sulfonamides is 1. The maximum absolute atomic E-state index is 15.1. The molecule has 0 aliphatic heterocycles. The molecule has 0 fully saturated rings. The van der Waals surface area contributed by atoms with E-state index in [0.717, 1.165) is 35.2 Å². The minimum absolute atomic E-state index is 0.0549. The van der Waals surface area contributed by atoms with E-state index in [1.165, 1.54) is 30.3 Å². The fraction of sp³-hybridized carbons (Fsp3) is 0.406. The van der Waals surface area contributed by atoms with Gasteiger partial charge in [-0.05, 0) is 79.8 Å². The van der Waals surface area contributed by atoms with E-state index in [9.17, 15) is 18.3 Å². The third kappa shape index (κ3) is 7.80. The summed E-state index contributed by atoms with van der Waals surface area (Å²) in [6.45, 7) is 3.92. The molecule has 1 atom stereocenters. The normalized spacial score (nSPS) is 14.7. The summed E-state index contributed by atoms with van der Waals surface area (Å²) in [6.07, 6.45) is 2.06. The van der Waals surface area contributed by atoms with Crippen LogP contribution in [0.25, 0.3) is 11.1 Å². The predicted molar refractivity (Wildman–Crippen MR) is 158 cm³/mol. The van der Waals surface area contributed by atoms with Crippen molar-refractivity contribution in [1.82, 2.24) is 9.62 Å². The minimum atomic E-state index is -4.44. The Labute approximate surface area is 246 Å². The van der Waals surface area contributed by atoms with E-state index in [2.05, 4.69) is 17.4 Å². The average molecular weight is 601 g/mol. The average Bonchev–Trinajstić information content (AvgIpc) is 3.33. The first-order chi connectivity index (χ1) is 19.7. The largest absolute Gasteiger partial charge is 0.481 e. The molecule has 4 rings (SSSR count). The molecule has 0 bridgehead atoms. The molecule has 1 aliphatic carbocycles. The summed E-state index contributed by atoms with van der Waals surface area (Å²) in [5.41, 5.74) is 3.37. The highest BCUT2D eigenvalue weighted by atomic mass is 32.2. The summed E-state index contributed by atoms with van der Waals surface area (Å²) < 4.78 is 57.2. The Bertz CT molecular complexity index is 1500. The van der Waals surface area contributed by atoms with Crippen molar-refractivity contribution < 1.29 is 32.2 Å². The number of β-amino-alcohol motifs (C(OH)–C–C–N with tert-alkyl or cyclic N) is 1. The summed E-state index contributed by atoms with van der Waals surface area (Å²) in [6, 6.07) is 16.2. The highest BCUT2D eigenvalue weighted by molar-refractivity contribution is 7.89. The van der Waals surface area contributed by atoms with Crippen LogP contribution in [-0.4, -0.2) is 60.7 Å². The lowest BCUT2D eigenvalue weighted by molar-refractivity contribution is -0.136. The predicted octanol–water partition coefficient (Wildman–Crippen LogP) is 4.80. The van der Waals surface area contributed by atoms with Crippen molar-refractivity contribution in [1.29, 1.82) is 0 Å². The zero-order chi connectivity index (χ0) is 30.7. The van der Waals surface area contributed by atoms with Gasteiger partial charge in [0.2, 0.25) is 10.0 Å². The summed E-state index contributed by atoms with van der Waals surface area (Å²) in [5, 5.41) is 22.8. The number of nitrogens with zero attached hydrogens (tertiary/aromatic N) is 1. The summed E-state index contributed by atoms with van der Waals surface area (Å²) in [4.78, 5) is 9.95. The van der Waals surface area contributed by atoms with Crippen LogP contribution in [0, 0.1) is 17.6 Å². The number of carboxylic acids is 1. The fourth-order valence-corrected chi connectivity index (χ4v) is 6.92. The number of aliphatic carboxylic acids is 1. The van der Waals surface area contributed by atoms with Crippen molar-refractivity contribution in [2.45, 2.75) is 62.5 Å². The number of benzene rings is 3. The lowest BCUT2D eigenvalue weighted by Crippen LogP contribution is -2.47. The Kier molecular flexibility index (Phi) is 9.82. The number of aryl methyl sites for hydroxylation is 1. The van der Waals surface area contributed by atoms with Gasteiger partial charge in [-0.25, -0.2) is 17.2 Å². The third-order valence-corrected chi connectivity index (χ3v) is 9.66. The van der Waals surface area contributed by atoms with Crippen LogP contribution in [0.3, 0.4) is 0 Å². The number of aliphatic hydroxyl groups is 1. The van der Waals surface area contributed by atoms with E-state index < -0.39 is 38.6 Å². The van der Waals surface area contributed by atoms with Crippen LogP contribution in [-0.2, 0) is 34.1 Å². The molecule has 42 heavy (non-hydrogen) atoms. The van der Waals surface area contributed by atoms with Crippen LogP contribution >= 0.6 is 0 Å². The number of aliphatic hydroxyl groups excluding tert-OH is 1. The number of hydrogen-bond acceptors (Lipinski definition) is 5. The number of rotatable bonds is 13. The van der Waals surface area contributed by atoms with Crippen molar-refractivity contribution >= 4 is 16.0 Å². The van der Waals surface area contributed by atoms with Crippen LogP contribution in [0.5, 0.6) is 0 Å². The molecule has 1 aliphatic rings. The number of carbonyl (C=O) groups is 1. The number of nitrogens with one attached hydrogen (secondary N) is 1. The van der Waals surface area contributed by atoms with Crippen LogP contribution in [0.1, 0.15) is 43.4 Å². The number of hydrogen-bond donors (Lipinski definition) is 3. The van der Waals surface area contributed by atoms with E-state index in [4.69, 9.17) is 5.11 Å². The molecule has 3 aromatic carbocycles. The molecule has 0 saturated heterocycles. The Morgan fingerprint density at radius 3 is 2.26 bits per heavy atom. The second-order valence-electron chi connectivity index (χ2n) is 11.8. The van der Waals surface area contributed by atoms with E-state index in [0.29, 0.717) is 24.0 Å². The Morgan fingerprint density at radius 1 is 1.05 bits per heavy atom. The second-order valence-corrected chi connectivity index (χ2v) is 13.8. The zero-order valence-corrected chi connectivity index (χ0v) is 24.9. The van der Waals surface area contributed by atoms with E-state index >= 15 is 8.78 Å². The van der Waals surface area contributed by atoms with Gasteiger partial charge in [0.05, 0.1) is 6.10 Å². The number of fused-ring (bicyclic) bond motifs is 1. The molecule has 0 saturated carbocycles. The van der Waals surface area contributed by atoms with Gasteiger partial charge >= 0.3 is 5.97 Å². The lowest BCUT2D eigenvalue weighted by atomic mass is 9.88. The van der Waals surface area contributed by atoms with Gasteiger partial charge in [0, 0.05) is 37.7 Å². The van der Waals surface area contributed by atoms with Gasteiger partial charge < -0.3 is 15.5 Å². The molecule has 0 amide bonds. The smallest absolute Gasteiger partial charge is 0.303 e. The molecule has 3 aromatic rings. The van der Waals surface area contributed by atoms with Crippen molar-refractivity contribution in [3.05, 3.63) is 89.0 Å². The number of halogens is 2. The highest BCUT2D eigenvalue weighted by Gasteiger charge is 2.31. The van der Waals surface area contributed by atoms with E-state index in [1.54, 1.807) is 12.1 Å². The molecule has 226 valence electrons. The summed E-state index contributed by atoms with van der Waals surface area (Å²) in [5.74, 6) is -2.49. The molecule has 0 heterocycles. The van der Waals surface area contributed by atoms with Gasteiger partial charge in [-0.1, -0.05) is 48.5 Å². The van der Waals surface area contributed by atoms with Crippen LogP contribution < -0.4 is 5.32 Å². The maximum Gasteiger partial charge on any atom is 0.303 e. The van der Waals surface area contributed by atoms with E-state index in [1.807, 2.05) is 26.0 Å². The Morgan fingerprint density at radius 2 is 1.67 bits per heavy atom. The molecular weight excluding hydrogens is 562 g/mol. The van der Waals surface area contributed by atoms with Crippen molar-refractivity contribution in [2.75, 3.05) is 20.1 Å². The van der Waals surface area contributed by atoms with Gasteiger partial charge in [0.25, 0.3) is 0 Å². The molecule has 0 spiro atoms. The first-order valence-electron chi connectivity index (χ1n) is 14.0. The number of likely N-dealkylation sites (N-methyl/N-ethyl adjacent to an activating group) is 1. The molecule has 3 N–H and O–H groups in total.